The highest BCUT2D eigenvalue weighted by molar-refractivity contribution is 7.47. The summed E-state index contributed by atoms with van der Waals surface area (Å²) in [6.45, 7) is 4.13. The lowest BCUT2D eigenvalue weighted by Crippen LogP contribution is -2.45. The number of nitrogens with one attached hydrogen (secondary N) is 1. The van der Waals surface area contributed by atoms with Crippen molar-refractivity contribution in [2.24, 2.45) is 5.73 Å². The number of hydrogen-bond acceptors (Lipinski definition) is 6. The molecular weight excluding hydrogens is 695 g/mol. The molecule has 3 atom stereocenters. The number of carbonyl (C=O) groups is 1. The van der Waals surface area contributed by atoms with Gasteiger partial charge in [0, 0.05) is 13.0 Å². The molecule has 5 N–H and O–H groups in total. The molecule has 1 amide bonds. The van der Waals surface area contributed by atoms with Crippen LogP contribution in [-0.4, -0.2) is 47.8 Å². The van der Waals surface area contributed by atoms with E-state index in [1.807, 2.05) is 6.08 Å². The van der Waals surface area contributed by atoms with Gasteiger partial charge in [0.15, 0.2) is 0 Å². The van der Waals surface area contributed by atoms with Crippen LogP contribution in [0.4, 0.5) is 0 Å². The van der Waals surface area contributed by atoms with Crippen LogP contribution in [0.25, 0.3) is 0 Å². The Hall–Kier alpha value is -0.760. The summed E-state index contributed by atoms with van der Waals surface area (Å²) in [5.41, 5.74) is 5.36. The lowest BCUT2D eigenvalue weighted by molar-refractivity contribution is -0.123. The molecule has 0 fully saturated rings. The lowest BCUT2D eigenvalue weighted by Gasteiger charge is -2.23. The van der Waals surface area contributed by atoms with Crippen molar-refractivity contribution < 1.29 is 28.4 Å². The fourth-order valence-corrected chi connectivity index (χ4v) is 7.83. The molecule has 0 heterocycles. The minimum atomic E-state index is -4.33. The predicted octanol–water partition coefficient (Wildman–Crippen LogP) is 13.2. The molecule has 0 saturated heterocycles. The van der Waals surface area contributed by atoms with Crippen LogP contribution >= 0.6 is 7.82 Å². The maximum atomic E-state index is 12.7. The van der Waals surface area contributed by atoms with Gasteiger partial charge in [-0.1, -0.05) is 225 Å². The second kappa shape index (κ2) is 41.9. The van der Waals surface area contributed by atoms with Crippen molar-refractivity contribution >= 4 is 13.7 Å². The van der Waals surface area contributed by atoms with Gasteiger partial charge in [-0.3, -0.25) is 13.8 Å². The number of allylic oxidation sites excluding steroid dienone is 1. The van der Waals surface area contributed by atoms with E-state index in [-0.39, 0.29) is 25.7 Å². The van der Waals surface area contributed by atoms with Crippen LogP contribution in [0.5, 0.6) is 0 Å². The van der Waals surface area contributed by atoms with E-state index in [9.17, 15) is 19.4 Å². The normalized spacial score (nSPS) is 14.1. The molecule has 0 rings (SSSR count). The molecule has 54 heavy (non-hydrogen) atoms. The number of phosphoric acid groups is 1. The molecule has 0 aliphatic heterocycles. The molecule has 0 spiro atoms. The van der Waals surface area contributed by atoms with Crippen molar-refractivity contribution in [2.45, 2.75) is 251 Å². The molecule has 8 nitrogen and oxygen atoms in total. The van der Waals surface area contributed by atoms with E-state index in [2.05, 4.69) is 19.2 Å². The first-order valence-electron chi connectivity index (χ1n) is 23.3. The average molecular weight is 787 g/mol. The highest BCUT2D eigenvalue weighted by atomic mass is 31.2. The number of amides is 1. The van der Waals surface area contributed by atoms with E-state index < -0.39 is 20.0 Å². The highest BCUT2D eigenvalue weighted by Gasteiger charge is 2.26. The average Bonchev–Trinajstić information content (AvgIpc) is 3.16. The van der Waals surface area contributed by atoms with Crippen LogP contribution in [0.1, 0.15) is 239 Å². The summed E-state index contributed by atoms with van der Waals surface area (Å²) in [5, 5.41) is 13.6. The molecule has 0 aromatic heterocycles. The summed E-state index contributed by atoms with van der Waals surface area (Å²) in [7, 11) is -4.33. The molecule has 1 unspecified atom stereocenters. The zero-order valence-corrected chi connectivity index (χ0v) is 36.6. The minimum absolute atomic E-state index is 0.0810. The van der Waals surface area contributed by atoms with Crippen molar-refractivity contribution in [2.75, 3.05) is 19.8 Å². The molecule has 0 aromatic rings. The van der Waals surface area contributed by atoms with Crippen molar-refractivity contribution in [1.82, 2.24) is 5.32 Å². The van der Waals surface area contributed by atoms with Gasteiger partial charge in [0.05, 0.1) is 25.4 Å². The van der Waals surface area contributed by atoms with Crippen molar-refractivity contribution in [3.05, 3.63) is 12.2 Å². The summed E-state index contributed by atoms with van der Waals surface area (Å²) in [5.74, 6) is -0.192. The molecule has 0 aliphatic rings. The lowest BCUT2D eigenvalue weighted by atomic mass is 10.0. The fraction of sp³-hybridized carbons (Fsp3) is 0.933. The van der Waals surface area contributed by atoms with Crippen LogP contribution in [0.2, 0.25) is 0 Å². The highest BCUT2D eigenvalue weighted by Crippen LogP contribution is 2.43. The summed E-state index contributed by atoms with van der Waals surface area (Å²) in [6, 6.07) is -0.853. The van der Waals surface area contributed by atoms with Gasteiger partial charge in [0.2, 0.25) is 5.91 Å². The Morgan fingerprint density at radius 3 is 1.31 bits per heavy atom. The zero-order chi connectivity index (χ0) is 39.6. The second-order valence-corrected chi connectivity index (χ2v) is 17.4. The Bertz CT molecular complexity index is 860. The number of carbonyl (C=O) groups excluding carboxylic acids is 1. The van der Waals surface area contributed by atoms with Crippen LogP contribution in [0.15, 0.2) is 12.2 Å². The summed E-state index contributed by atoms with van der Waals surface area (Å²) < 4.78 is 22.1. The van der Waals surface area contributed by atoms with E-state index in [4.69, 9.17) is 14.8 Å². The molecule has 0 saturated carbocycles. The second-order valence-electron chi connectivity index (χ2n) is 16.0. The predicted molar refractivity (Wildman–Crippen MR) is 231 cm³/mol. The van der Waals surface area contributed by atoms with Crippen molar-refractivity contribution in [3.63, 3.8) is 0 Å². The number of nitrogens with two attached hydrogens (primary N) is 1. The van der Waals surface area contributed by atoms with Crippen molar-refractivity contribution in [1.29, 1.82) is 0 Å². The summed E-state index contributed by atoms with van der Waals surface area (Å²) in [4.78, 5) is 22.6. The molecule has 9 heteroatoms. The van der Waals surface area contributed by atoms with Crippen LogP contribution in [0.3, 0.4) is 0 Å². The van der Waals surface area contributed by atoms with Gasteiger partial charge in [-0.25, -0.2) is 4.57 Å². The number of hydrogen-bond donors (Lipinski definition) is 4. The third-order valence-corrected chi connectivity index (χ3v) is 11.6. The van der Waals surface area contributed by atoms with Gasteiger partial charge >= 0.3 is 7.82 Å². The van der Waals surface area contributed by atoms with E-state index in [0.717, 1.165) is 38.5 Å². The number of unbranched alkanes of at least 4 members (excludes halogenated alkanes) is 32. The number of rotatable bonds is 44. The van der Waals surface area contributed by atoms with Crippen LogP contribution in [0, 0.1) is 0 Å². The molecular formula is C45H91N2O6P. The van der Waals surface area contributed by atoms with Gasteiger partial charge in [-0.05, 0) is 19.3 Å². The Labute approximate surface area is 335 Å². The smallest absolute Gasteiger partial charge is 0.387 e. The third-order valence-electron chi connectivity index (χ3n) is 10.6. The Balaban J connectivity index is 3.89. The first kappa shape index (κ1) is 53.2. The number of phosphoric ester groups is 1. The van der Waals surface area contributed by atoms with Gasteiger partial charge in [0.25, 0.3) is 0 Å². The van der Waals surface area contributed by atoms with Gasteiger partial charge in [-0.2, -0.15) is 0 Å². The van der Waals surface area contributed by atoms with E-state index in [0.29, 0.717) is 6.42 Å². The third kappa shape index (κ3) is 39.5. The maximum Gasteiger partial charge on any atom is 0.472 e. The summed E-state index contributed by atoms with van der Waals surface area (Å²) >= 11 is 0. The van der Waals surface area contributed by atoms with Crippen molar-refractivity contribution in [3.8, 4) is 0 Å². The summed E-state index contributed by atoms with van der Waals surface area (Å²) in [6.07, 6.45) is 47.2. The fourth-order valence-electron chi connectivity index (χ4n) is 7.07. The first-order chi connectivity index (χ1) is 26.4. The monoisotopic (exact) mass is 787 g/mol. The molecule has 0 radical (unpaired) electrons. The molecule has 0 aromatic carbocycles. The van der Waals surface area contributed by atoms with Crippen LogP contribution < -0.4 is 11.1 Å². The molecule has 322 valence electrons. The maximum absolute atomic E-state index is 12.7. The SMILES string of the molecule is CCCCCCCCC/C=C/[C@@H](O)[C@H](COP(=O)(O)OCCN)NC(=O)CCCCCCCCCCCCCCCCCCCCCCCCCCCC. The van der Waals surface area contributed by atoms with Crippen LogP contribution in [-0.2, 0) is 18.4 Å². The van der Waals surface area contributed by atoms with E-state index in [1.54, 1.807) is 6.08 Å². The number of aliphatic hydroxyl groups is 1. The quantitative estimate of drug-likeness (QED) is 0.0275. The Morgan fingerprint density at radius 1 is 0.593 bits per heavy atom. The number of aliphatic hydroxyl groups excluding tert-OH is 1. The van der Waals surface area contributed by atoms with E-state index in [1.165, 1.54) is 180 Å². The zero-order valence-electron chi connectivity index (χ0n) is 35.7. The first-order valence-corrected chi connectivity index (χ1v) is 24.8. The van der Waals surface area contributed by atoms with E-state index >= 15 is 0 Å². The van der Waals surface area contributed by atoms with Gasteiger partial charge in [0.1, 0.15) is 0 Å². The largest absolute Gasteiger partial charge is 0.472 e. The molecule has 0 aliphatic carbocycles. The minimum Gasteiger partial charge on any atom is -0.387 e. The van der Waals surface area contributed by atoms with Gasteiger partial charge < -0.3 is 21.1 Å². The van der Waals surface area contributed by atoms with Gasteiger partial charge in [-0.15, -0.1) is 0 Å². The molecule has 0 bridgehead atoms. The Morgan fingerprint density at radius 2 is 0.944 bits per heavy atom. The Kier molecular flexibility index (Phi) is 41.3. The standard InChI is InChI=1S/C45H91N2O6P/c1-3-5-7-9-11-13-14-15-16-17-18-19-20-21-22-23-24-25-26-27-28-29-31-33-35-37-39-45(49)47-43(42-53-54(50,51)52-41-40-46)44(48)38-36-34-32-30-12-10-8-6-4-2/h36,38,43-44,48H,3-35,37,39-42,46H2,1-2H3,(H,47,49)(H,50,51)/b38-36+/t43-,44+/m0/s1. The topological polar surface area (TPSA) is 131 Å².